The zero-order valence-electron chi connectivity index (χ0n) is 19.3. The molecular weight excluding hydrogens is 555 g/mol. The zero-order valence-corrected chi connectivity index (χ0v) is 21.0. The number of H-pyrrole nitrogens is 1. The summed E-state index contributed by atoms with van der Waals surface area (Å²) in [5.41, 5.74) is 1.25. The molecule has 2 aromatic heterocycles. The number of carbonyl (C=O) groups excluding carboxylic acids is 1. The highest BCUT2D eigenvalue weighted by Crippen LogP contribution is 2.34. The van der Waals surface area contributed by atoms with Gasteiger partial charge in [-0.05, 0) is 55.3 Å². The van der Waals surface area contributed by atoms with E-state index in [0.717, 1.165) is 29.0 Å². The second-order valence-corrected chi connectivity index (χ2v) is 9.71. The third-order valence-corrected chi connectivity index (χ3v) is 6.21. The van der Waals surface area contributed by atoms with Crippen LogP contribution in [0.4, 0.5) is 32.4 Å². The standard InChI is InChI=1S/C22H19F5N6O3S2/c23-21(24,25)12-22(26,27)36-15-7-5-14(6-8-15)35-20(34)33(10-2-1-3-18-29-31-32-30-18)13-4-9-16-17(11-13)38-19(37)28-16/h4-9,11H,1-3,10,12H2,(H,28,37)(H,29,30,31,32). The van der Waals surface area contributed by atoms with Crippen molar-refractivity contribution in [2.75, 3.05) is 11.4 Å². The number of hydrogen-bond acceptors (Lipinski definition) is 9. The normalized spacial score (nSPS) is 12.1. The molecule has 0 atom stereocenters. The number of benzene rings is 2. The van der Waals surface area contributed by atoms with Crippen LogP contribution < -0.4 is 14.4 Å². The molecule has 9 nitrogen and oxygen atoms in total. The molecule has 0 saturated carbocycles. The van der Waals surface area contributed by atoms with E-state index in [9.17, 15) is 26.7 Å². The lowest BCUT2D eigenvalue weighted by atomic mass is 10.2. The van der Waals surface area contributed by atoms with Crippen molar-refractivity contribution >= 4 is 46.0 Å². The van der Waals surface area contributed by atoms with E-state index in [1.54, 1.807) is 18.2 Å². The number of aromatic nitrogens is 5. The summed E-state index contributed by atoms with van der Waals surface area (Å²) in [6.45, 7) is 0.263. The lowest BCUT2D eigenvalue weighted by molar-refractivity contribution is -0.255. The number of unbranched alkanes of at least 4 members (excludes halogenated alkanes) is 1. The molecule has 0 aliphatic carbocycles. The van der Waals surface area contributed by atoms with Crippen LogP contribution in [0.1, 0.15) is 25.1 Å². The van der Waals surface area contributed by atoms with Crippen LogP contribution in [0, 0.1) is 0 Å². The van der Waals surface area contributed by atoms with Crippen LogP contribution in [-0.2, 0) is 6.42 Å². The molecule has 0 saturated heterocycles. The summed E-state index contributed by atoms with van der Waals surface area (Å²) in [6.07, 6.45) is -11.0. The van der Waals surface area contributed by atoms with Crippen molar-refractivity contribution in [3.8, 4) is 11.5 Å². The Morgan fingerprint density at radius 1 is 1.05 bits per heavy atom. The molecule has 0 bridgehead atoms. The molecule has 4 rings (SSSR count). The SMILES string of the molecule is O=C(Oc1ccc(OC(F)(F)CC(F)(F)F)cc1)N(CCCCc1nn[nH]n1)c1ccc2nc(S)sc2c1. The highest BCUT2D eigenvalue weighted by molar-refractivity contribution is 7.82. The van der Waals surface area contributed by atoms with Gasteiger partial charge in [0, 0.05) is 18.7 Å². The Kier molecular flexibility index (Phi) is 8.30. The minimum absolute atomic E-state index is 0.0187. The molecule has 0 unspecified atom stereocenters. The van der Waals surface area contributed by atoms with Crippen molar-refractivity contribution in [2.45, 2.75) is 42.3 Å². The van der Waals surface area contributed by atoms with Crippen molar-refractivity contribution in [1.29, 1.82) is 0 Å². The van der Waals surface area contributed by atoms with Crippen LogP contribution in [0.3, 0.4) is 0 Å². The number of halogens is 5. The second-order valence-electron chi connectivity index (χ2n) is 7.96. The van der Waals surface area contributed by atoms with Crippen LogP contribution in [-0.4, -0.2) is 50.5 Å². The molecular formula is C22H19F5N6O3S2. The van der Waals surface area contributed by atoms with Gasteiger partial charge in [-0.3, -0.25) is 4.90 Å². The number of aryl methyl sites for hydroxylation is 1. The first-order chi connectivity index (χ1) is 18.0. The van der Waals surface area contributed by atoms with Crippen LogP contribution in [0.15, 0.2) is 46.8 Å². The third kappa shape index (κ3) is 7.74. The maximum absolute atomic E-state index is 13.5. The van der Waals surface area contributed by atoms with Crippen molar-refractivity contribution < 1.29 is 36.2 Å². The molecule has 0 radical (unpaired) electrons. The molecule has 16 heteroatoms. The fraction of sp³-hybridized carbons (Fsp3) is 0.318. The highest BCUT2D eigenvalue weighted by Gasteiger charge is 2.45. The van der Waals surface area contributed by atoms with Crippen molar-refractivity contribution in [3.05, 3.63) is 48.3 Å². The van der Waals surface area contributed by atoms with Crippen LogP contribution in [0.2, 0.25) is 0 Å². The summed E-state index contributed by atoms with van der Waals surface area (Å²) in [7, 11) is 0. The molecule has 2 aromatic carbocycles. The summed E-state index contributed by atoms with van der Waals surface area (Å²) < 4.78 is 74.9. The summed E-state index contributed by atoms with van der Waals surface area (Å²) in [6, 6.07) is 9.48. The number of amides is 1. The van der Waals surface area contributed by atoms with E-state index in [1.165, 1.54) is 16.2 Å². The molecule has 0 aliphatic heterocycles. The molecule has 38 heavy (non-hydrogen) atoms. The van der Waals surface area contributed by atoms with Gasteiger partial charge >= 0.3 is 18.4 Å². The highest BCUT2D eigenvalue weighted by atomic mass is 32.2. The smallest absolute Gasteiger partial charge is 0.419 e. The molecule has 1 amide bonds. The van der Waals surface area contributed by atoms with Crippen molar-refractivity contribution in [3.63, 3.8) is 0 Å². The van der Waals surface area contributed by atoms with E-state index >= 15 is 0 Å². The molecule has 1 N–H and O–H groups in total. The lowest BCUT2D eigenvalue weighted by Gasteiger charge is -2.22. The number of ether oxygens (including phenoxy) is 2. The summed E-state index contributed by atoms with van der Waals surface area (Å²) in [5.74, 6) is 0.00000826. The van der Waals surface area contributed by atoms with Gasteiger partial charge in [0.05, 0.1) is 10.2 Å². The number of thiazole rings is 1. The first-order valence-electron chi connectivity index (χ1n) is 11.0. The Morgan fingerprint density at radius 3 is 2.47 bits per heavy atom. The Labute approximate surface area is 221 Å². The van der Waals surface area contributed by atoms with Crippen molar-refractivity contribution in [2.24, 2.45) is 0 Å². The molecule has 0 fully saturated rings. The number of aromatic amines is 1. The van der Waals surface area contributed by atoms with Gasteiger partial charge in [0.1, 0.15) is 22.3 Å². The number of hydrogen-bond donors (Lipinski definition) is 2. The van der Waals surface area contributed by atoms with Gasteiger partial charge in [0.25, 0.3) is 0 Å². The zero-order chi connectivity index (χ0) is 27.3. The number of carbonyl (C=O) groups is 1. The molecule has 0 aliphatic rings. The largest absolute Gasteiger partial charge is 0.432 e. The molecule has 202 valence electrons. The van der Waals surface area contributed by atoms with E-state index in [0.29, 0.717) is 40.6 Å². The average molecular weight is 575 g/mol. The summed E-state index contributed by atoms with van der Waals surface area (Å²) in [5, 5.41) is 13.6. The van der Waals surface area contributed by atoms with E-state index in [4.69, 9.17) is 4.74 Å². The van der Waals surface area contributed by atoms with Crippen LogP contribution in [0.5, 0.6) is 11.5 Å². The topological polar surface area (TPSA) is 106 Å². The maximum atomic E-state index is 13.5. The Hall–Kier alpha value is -3.53. The number of fused-ring (bicyclic) bond motifs is 1. The summed E-state index contributed by atoms with van der Waals surface area (Å²) in [4.78, 5) is 18.8. The average Bonchev–Trinajstić information content (AvgIpc) is 3.46. The quantitative estimate of drug-likeness (QED) is 0.135. The number of anilines is 1. The van der Waals surface area contributed by atoms with E-state index < -0.39 is 30.5 Å². The van der Waals surface area contributed by atoms with Crippen LogP contribution >= 0.6 is 24.0 Å². The lowest BCUT2D eigenvalue weighted by Crippen LogP contribution is -2.34. The van der Waals surface area contributed by atoms with E-state index in [-0.39, 0.29) is 12.3 Å². The van der Waals surface area contributed by atoms with Gasteiger partial charge in [-0.25, -0.2) is 9.78 Å². The maximum Gasteiger partial charge on any atom is 0.419 e. The number of tetrazole rings is 1. The monoisotopic (exact) mass is 574 g/mol. The number of thiol groups is 1. The minimum Gasteiger partial charge on any atom is -0.432 e. The molecule has 0 spiro atoms. The third-order valence-electron chi connectivity index (χ3n) is 5.02. The first-order valence-corrected chi connectivity index (χ1v) is 12.3. The fourth-order valence-electron chi connectivity index (χ4n) is 3.41. The van der Waals surface area contributed by atoms with Crippen molar-refractivity contribution in [1.82, 2.24) is 25.6 Å². The summed E-state index contributed by atoms with van der Waals surface area (Å²) >= 11 is 5.59. The van der Waals surface area contributed by atoms with E-state index in [1.807, 2.05) is 0 Å². The van der Waals surface area contributed by atoms with Gasteiger partial charge in [0.15, 0.2) is 5.82 Å². The van der Waals surface area contributed by atoms with Gasteiger partial charge in [-0.2, -0.15) is 27.2 Å². The number of nitrogens with zero attached hydrogens (tertiary/aromatic N) is 5. The number of rotatable bonds is 10. The van der Waals surface area contributed by atoms with E-state index in [2.05, 4.69) is 43.0 Å². The van der Waals surface area contributed by atoms with Crippen LogP contribution in [0.25, 0.3) is 10.2 Å². The van der Waals surface area contributed by atoms with Gasteiger partial charge < -0.3 is 9.47 Å². The number of nitrogens with one attached hydrogen (secondary N) is 1. The Bertz CT molecular complexity index is 1370. The predicted octanol–water partition coefficient (Wildman–Crippen LogP) is 6.05. The van der Waals surface area contributed by atoms with Gasteiger partial charge in [0.2, 0.25) is 0 Å². The predicted molar refractivity (Wildman–Crippen MR) is 130 cm³/mol. The Morgan fingerprint density at radius 2 is 1.79 bits per heavy atom. The first kappa shape index (κ1) is 27.5. The Balaban J connectivity index is 1.45. The molecule has 4 aromatic rings. The second kappa shape index (κ2) is 11.5. The van der Waals surface area contributed by atoms with Gasteiger partial charge in [-0.1, -0.05) is 5.21 Å². The fourth-order valence-corrected chi connectivity index (χ4v) is 4.55. The molecule has 2 heterocycles. The number of alkyl halides is 5. The van der Waals surface area contributed by atoms with Gasteiger partial charge in [-0.15, -0.1) is 34.2 Å². The minimum atomic E-state index is -5.11.